The van der Waals surface area contributed by atoms with Crippen LogP contribution in [-0.4, -0.2) is 11.1 Å². The molecule has 5 heteroatoms. The molecule has 0 aliphatic carbocycles. The van der Waals surface area contributed by atoms with E-state index in [4.69, 9.17) is 10.5 Å². The minimum Gasteiger partial charge on any atom is -0.489 e. The Morgan fingerprint density at radius 3 is 2.78 bits per heavy atom. The van der Waals surface area contributed by atoms with Crippen LogP contribution < -0.4 is 10.5 Å². The van der Waals surface area contributed by atoms with Gasteiger partial charge in [-0.1, -0.05) is 0 Å². The Kier molecular flexibility index (Phi) is 4.37. The lowest BCUT2D eigenvalue weighted by Gasteiger charge is -2.14. The first-order chi connectivity index (χ1) is 8.58. The number of ether oxygens (including phenoxy) is 1. The van der Waals surface area contributed by atoms with Gasteiger partial charge in [0.2, 0.25) is 0 Å². The standard InChI is InChI=1S/C13H15BrN2OS/c1-8(2)17-10-5-9(6-16-7-10)12(15)13-11(14)3-4-18-13/h3-8,12H,15H2,1-2H3. The van der Waals surface area contributed by atoms with Gasteiger partial charge in [-0.15, -0.1) is 11.3 Å². The first kappa shape index (κ1) is 13.5. The SMILES string of the molecule is CC(C)Oc1cncc(C(N)c2sccc2Br)c1. The van der Waals surface area contributed by atoms with Crippen LogP contribution in [0.5, 0.6) is 5.75 Å². The van der Waals surface area contributed by atoms with Gasteiger partial charge in [-0.3, -0.25) is 4.98 Å². The van der Waals surface area contributed by atoms with Gasteiger partial charge in [0.1, 0.15) is 5.75 Å². The highest BCUT2D eigenvalue weighted by molar-refractivity contribution is 9.10. The van der Waals surface area contributed by atoms with E-state index in [2.05, 4.69) is 20.9 Å². The molecule has 1 atom stereocenters. The molecule has 0 spiro atoms. The maximum absolute atomic E-state index is 6.25. The Morgan fingerprint density at radius 2 is 2.17 bits per heavy atom. The Labute approximate surface area is 119 Å². The van der Waals surface area contributed by atoms with Gasteiger partial charge in [0.25, 0.3) is 0 Å². The van der Waals surface area contributed by atoms with Crippen molar-refractivity contribution < 1.29 is 4.74 Å². The van der Waals surface area contributed by atoms with Gasteiger partial charge in [0, 0.05) is 15.5 Å². The number of thiophene rings is 1. The largest absolute Gasteiger partial charge is 0.489 e. The van der Waals surface area contributed by atoms with Crippen LogP contribution >= 0.6 is 27.3 Å². The average molecular weight is 327 g/mol. The van der Waals surface area contributed by atoms with Crippen molar-refractivity contribution in [1.82, 2.24) is 4.98 Å². The molecule has 18 heavy (non-hydrogen) atoms. The summed E-state index contributed by atoms with van der Waals surface area (Å²) >= 11 is 5.13. The molecule has 2 aromatic rings. The Morgan fingerprint density at radius 1 is 1.39 bits per heavy atom. The summed E-state index contributed by atoms with van der Waals surface area (Å²) in [7, 11) is 0. The van der Waals surface area contributed by atoms with Crippen molar-refractivity contribution in [3.8, 4) is 5.75 Å². The smallest absolute Gasteiger partial charge is 0.138 e. The molecular weight excluding hydrogens is 312 g/mol. The predicted molar refractivity (Wildman–Crippen MR) is 78.1 cm³/mol. The van der Waals surface area contributed by atoms with E-state index in [1.54, 1.807) is 23.7 Å². The minimum absolute atomic E-state index is 0.131. The van der Waals surface area contributed by atoms with Crippen molar-refractivity contribution in [2.45, 2.75) is 26.0 Å². The molecule has 0 bridgehead atoms. The van der Waals surface area contributed by atoms with E-state index in [0.717, 1.165) is 20.7 Å². The third kappa shape index (κ3) is 3.10. The highest BCUT2D eigenvalue weighted by Crippen LogP contribution is 2.32. The van der Waals surface area contributed by atoms with Crippen molar-refractivity contribution in [2.75, 3.05) is 0 Å². The van der Waals surface area contributed by atoms with Gasteiger partial charge in [0.05, 0.1) is 18.3 Å². The number of hydrogen-bond donors (Lipinski definition) is 1. The first-order valence-electron chi connectivity index (χ1n) is 5.68. The summed E-state index contributed by atoms with van der Waals surface area (Å²) in [4.78, 5) is 5.28. The predicted octanol–water partition coefficient (Wildman–Crippen LogP) is 3.74. The summed E-state index contributed by atoms with van der Waals surface area (Å²) in [5, 5.41) is 2.02. The summed E-state index contributed by atoms with van der Waals surface area (Å²) < 4.78 is 6.66. The lowest BCUT2D eigenvalue weighted by Crippen LogP contribution is -2.12. The molecule has 0 fully saturated rings. The van der Waals surface area contributed by atoms with E-state index in [-0.39, 0.29) is 12.1 Å². The van der Waals surface area contributed by atoms with Gasteiger partial charge >= 0.3 is 0 Å². The molecule has 1 unspecified atom stereocenters. The average Bonchev–Trinajstić information content (AvgIpc) is 2.74. The van der Waals surface area contributed by atoms with Crippen molar-refractivity contribution >= 4 is 27.3 Å². The molecule has 2 N–H and O–H groups in total. The fourth-order valence-corrected chi connectivity index (χ4v) is 3.27. The molecular formula is C13H15BrN2OS. The zero-order chi connectivity index (χ0) is 13.1. The fourth-order valence-electron chi connectivity index (χ4n) is 1.62. The number of nitrogens with zero attached hydrogens (tertiary/aromatic N) is 1. The van der Waals surface area contributed by atoms with Crippen LogP contribution in [0.1, 0.15) is 30.3 Å². The summed E-state index contributed by atoms with van der Waals surface area (Å²) in [6.07, 6.45) is 3.62. The van der Waals surface area contributed by atoms with E-state index in [0.29, 0.717) is 0 Å². The van der Waals surface area contributed by atoms with Crippen LogP contribution in [0.4, 0.5) is 0 Å². The van der Waals surface area contributed by atoms with Crippen molar-refractivity contribution in [1.29, 1.82) is 0 Å². The quantitative estimate of drug-likeness (QED) is 0.930. The summed E-state index contributed by atoms with van der Waals surface area (Å²) in [6.45, 7) is 3.98. The topological polar surface area (TPSA) is 48.1 Å². The van der Waals surface area contributed by atoms with Crippen molar-refractivity contribution in [3.63, 3.8) is 0 Å². The van der Waals surface area contributed by atoms with Crippen LogP contribution in [0, 0.1) is 0 Å². The number of hydrogen-bond acceptors (Lipinski definition) is 4. The zero-order valence-electron chi connectivity index (χ0n) is 10.3. The molecule has 0 amide bonds. The molecule has 2 heterocycles. The van der Waals surface area contributed by atoms with Crippen LogP contribution in [-0.2, 0) is 0 Å². The number of rotatable bonds is 4. The molecule has 0 aliphatic rings. The van der Waals surface area contributed by atoms with E-state index in [1.165, 1.54) is 0 Å². The third-order valence-corrected chi connectivity index (χ3v) is 4.35. The molecule has 0 aromatic carbocycles. The van der Waals surface area contributed by atoms with Gasteiger partial charge in [-0.25, -0.2) is 0 Å². The number of halogens is 1. The second-order valence-corrected chi connectivity index (χ2v) is 6.03. The second kappa shape index (κ2) is 5.82. The summed E-state index contributed by atoms with van der Waals surface area (Å²) in [6, 6.07) is 3.77. The molecule has 0 saturated heterocycles. The Balaban J connectivity index is 2.25. The number of nitrogens with two attached hydrogens (primary N) is 1. The zero-order valence-corrected chi connectivity index (χ0v) is 12.7. The molecule has 0 radical (unpaired) electrons. The van der Waals surface area contributed by atoms with Crippen LogP contribution in [0.2, 0.25) is 0 Å². The monoisotopic (exact) mass is 326 g/mol. The first-order valence-corrected chi connectivity index (χ1v) is 7.35. The highest BCUT2D eigenvalue weighted by atomic mass is 79.9. The maximum Gasteiger partial charge on any atom is 0.138 e. The normalized spacial score (nSPS) is 12.7. The van der Waals surface area contributed by atoms with E-state index in [9.17, 15) is 0 Å². The lowest BCUT2D eigenvalue weighted by molar-refractivity contribution is 0.241. The van der Waals surface area contributed by atoms with Crippen LogP contribution in [0.25, 0.3) is 0 Å². The Hall–Kier alpha value is -0.910. The molecule has 3 nitrogen and oxygen atoms in total. The van der Waals surface area contributed by atoms with Gasteiger partial charge < -0.3 is 10.5 Å². The van der Waals surface area contributed by atoms with E-state index in [1.807, 2.05) is 31.4 Å². The minimum atomic E-state index is -0.178. The second-order valence-electron chi connectivity index (χ2n) is 4.23. The molecule has 2 aromatic heterocycles. The number of aromatic nitrogens is 1. The fraction of sp³-hybridized carbons (Fsp3) is 0.308. The summed E-state index contributed by atoms with van der Waals surface area (Å²) in [5.74, 6) is 0.755. The van der Waals surface area contributed by atoms with E-state index >= 15 is 0 Å². The molecule has 96 valence electrons. The van der Waals surface area contributed by atoms with Crippen molar-refractivity contribution in [3.05, 3.63) is 44.8 Å². The van der Waals surface area contributed by atoms with E-state index < -0.39 is 0 Å². The van der Waals surface area contributed by atoms with Crippen molar-refractivity contribution in [2.24, 2.45) is 5.73 Å². The van der Waals surface area contributed by atoms with Gasteiger partial charge in [0.15, 0.2) is 0 Å². The van der Waals surface area contributed by atoms with Gasteiger partial charge in [-0.05, 0) is 52.9 Å². The molecule has 0 aliphatic heterocycles. The third-order valence-electron chi connectivity index (χ3n) is 2.39. The summed E-state index contributed by atoms with van der Waals surface area (Å²) in [5.41, 5.74) is 7.20. The molecule has 2 rings (SSSR count). The van der Waals surface area contributed by atoms with Crippen LogP contribution in [0.3, 0.4) is 0 Å². The maximum atomic E-state index is 6.25. The van der Waals surface area contributed by atoms with Crippen LogP contribution in [0.15, 0.2) is 34.4 Å². The highest BCUT2D eigenvalue weighted by Gasteiger charge is 2.14. The lowest BCUT2D eigenvalue weighted by atomic mass is 10.1. The Bertz CT molecular complexity index is 527. The number of pyridine rings is 1. The van der Waals surface area contributed by atoms with Gasteiger partial charge in [-0.2, -0.15) is 0 Å². The molecule has 0 saturated carbocycles.